The predicted molar refractivity (Wildman–Crippen MR) is 114 cm³/mol. The molecule has 0 radical (unpaired) electrons. The van der Waals surface area contributed by atoms with Crippen molar-refractivity contribution in [1.29, 1.82) is 0 Å². The smallest absolute Gasteiger partial charge is 0.0407 e. The standard InChI is InChI=1S/C25H29N.H2/c1-19-7-5-8-20(10-9-19)11-12-21-13-14-23-22(17-21)24(2,3)18-25(26(23)4)15-6-16-25;/h5,7,9-10,13-14,17H,6,8,15-16,18H2,1-4H3;1H. The number of allylic oxidation sites excluding steroid dienone is 6. The Balaban J connectivity index is 0.00000210. The second-order valence-electron chi connectivity index (χ2n) is 8.89. The molecule has 0 bridgehead atoms. The van der Waals surface area contributed by atoms with Crippen LogP contribution in [0.25, 0.3) is 0 Å². The summed E-state index contributed by atoms with van der Waals surface area (Å²) in [6.45, 7) is 6.94. The summed E-state index contributed by atoms with van der Waals surface area (Å²) in [5, 5.41) is 0. The minimum absolute atomic E-state index is 0. The lowest BCUT2D eigenvalue weighted by Crippen LogP contribution is -2.58. The highest BCUT2D eigenvalue weighted by molar-refractivity contribution is 5.64. The molecule has 3 aliphatic rings. The molecular weight excluding hydrogens is 314 g/mol. The lowest BCUT2D eigenvalue weighted by molar-refractivity contribution is 0.168. The molecule has 4 rings (SSSR count). The van der Waals surface area contributed by atoms with Gasteiger partial charge < -0.3 is 4.90 Å². The first-order valence-corrected chi connectivity index (χ1v) is 9.84. The van der Waals surface area contributed by atoms with Gasteiger partial charge in [-0.05, 0) is 68.2 Å². The van der Waals surface area contributed by atoms with E-state index in [1.54, 1.807) is 0 Å². The van der Waals surface area contributed by atoms with Crippen LogP contribution in [0.1, 0.15) is 65.4 Å². The van der Waals surface area contributed by atoms with Gasteiger partial charge in [-0.15, -0.1) is 0 Å². The molecule has 26 heavy (non-hydrogen) atoms. The van der Waals surface area contributed by atoms with Crippen LogP contribution in [-0.4, -0.2) is 12.6 Å². The molecule has 1 fully saturated rings. The highest BCUT2D eigenvalue weighted by atomic mass is 15.2. The number of fused-ring (bicyclic) bond motifs is 1. The van der Waals surface area contributed by atoms with Gasteiger partial charge in [-0.3, -0.25) is 0 Å². The van der Waals surface area contributed by atoms with Crippen molar-refractivity contribution in [2.75, 3.05) is 11.9 Å². The Morgan fingerprint density at radius 3 is 2.65 bits per heavy atom. The van der Waals surface area contributed by atoms with E-state index in [2.05, 4.69) is 87.1 Å². The summed E-state index contributed by atoms with van der Waals surface area (Å²) < 4.78 is 0. The first-order valence-electron chi connectivity index (χ1n) is 9.84. The molecule has 0 saturated heterocycles. The van der Waals surface area contributed by atoms with Crippen LogP contribution in [0, 0.1) is 11.8 Å². The first-order chi connectivity index (χ1) is 12.4. The van der Waals surface area contributed by atoms with Gasteiger partial charge in [0, 0.05) is 30.8 Å². The lowest BCUT2D eigenvalue weighted by atomic mass is 9.61. The van der Waals surface area contributed by atoms with Crippen LogP contribution in [-0.2, 0) is 5.41 Å². The maximum atomic E-state index is 3.41. The average Bonchev–Trinajstić information content (AvgIpc) is 2.79. The molecule has 1 spiro atoms. The number of anilines is 1. The fourth-order valence-electron chi connectivity index (χ4n) is 4.81. The molecule has 0 N–H and O–H groups in total. The lowest BCUT2D eigenvalue weighted by Gasteiger charge is -2.57. The third-order valence-corrected chi connectivity index (χ3v) is 6.49. The van der Waals surface area contributed by atoms with Crippen molar-refractivity contribution in [3.8, 4) is 11.8 Å². The summed E-state index contributed by atoms with van der Waals surface area (Å²) in [6, 6.07) is 6.83. The molecule has 0 unspecified atom stereocenters. The van der Waals surface area contributed by atoms with Gasteiger partial charge in [-0.1, -0.05) is 55.6 Å². The van der Waals surface area contributed by atoms with Crippen molar-refractivity contribution in [1.82, 2.24) is 0 Å². The van der Waals surface area contributed by atoms with E-state index in [1.165, 1.54) is 48.1 Å². The van der Waals surface area contributed by atoms with Gasteiger partial charge in [0.25, 0.3) is 0 Å². The van der Waals surface area contributed by atoms with Gasteiger partial charge in [0.05, 0.1) is 0 Å². The first kappa shape index (κ1) is 17.2. The minimum Gasteiger partial charge on any atom is -0.369 e. The molecular formula is C25H31N. The van der Waals surface area contributed by atoms with Crippen LogP contribution < -0.4 is 4.90 Å². The summed E-state index contributed by atoms with van der Waals surface area (Å²) in [4.78, 5) is 2.56. The van der Waals surface area contributed by atoms with Gasteiger partial charge in [-0.2, -0.15) is 0 Å². The molecule has 1 aromatic carbocycles. The average molecular weight is 346 g/mol. The summed E-state index contributed by atoms with van der Waals surface area (Å²) in [5.41, 5.74) is 7.06. The van der Waals surface area contributed by atoms with Crippen molar-refractivity contribution in [3.63, 3.8) is 0 Å². The van der Waals surface area contributed by atoms with Crippen molar-refractivity contribution in [2.45, 2.75) is 63.8 Å². The van der Waals surface area contributed by atoms with E-state index in [9.17, 15) is 0 Å². The third kappa shape index (κ3) is 2.92. The zero-order valence-corrected chi connectivity index (χ0v) is 16.5. The van der Waals surface area contributed by atoms with E-state index in [-0.39, 0.29) is 6.84 Å². The SMILES string of the molecule is CC1=CC=C(C#Cc2ccc3c(c2)C(C)(C)CC2(CCC2)N3C)CC=C1.[HH]. The van der Waals surface area contributed by atoms with E-state index < -0.39 is 0 Å². The molecule has 0 amide bonds. The fraction of sp³-hybridized carbons (Fsp3) is 0.440. The normalized spacial score (nSPS) is 22.4. The van der Waals surface area contributed by atoms with E-state index in [4.69, 9.17) is 0 Å². The number of rotatable bonds is 0. The quantitative estimate of drug-likeness (QED) is 0.509. The van der Waals surface area contributed by atoms with Crippen LogP contribution in [0.2, 0.25) is 0 Å². The maximum Gasteiger partial charge on any atom is 0.0407 e. The second-order valence-corrected chi connectivity index (χ2v) is 8.89. The second kappa shape index (κ2) is 6.20. The highest BCUT2D eigenvalue weighted by Crippen LogP contribution is 2.53. The summed E-state index contributed by atoms with van der Waals surface area (Å²) in [6.07, 6.45) is 14.9. The number of hydrogen-bond donors (Lipinski definition) is 0. The summed E-state index contributed by atoms with van der Waals surface area (Å²) in [7, 11) is 2.29. The van der Waals surface area contributed by atoms with Crippen LogP contribution in [0.5, 0.6) is 0 Å². The zero-order chi connectivity index (χ0) is 18.4. The molecule has 1 aromatic rings. The van der Waals surface area contributed by atoms with Crippen molar-refractivity contribution >= 4 is 5.69 Å². The molecule has 136 valence electrons. The van der Waals surface area contributed by atoms with Crippen molar-refractivity contribution < 1.29 is 1.43 Å². The Bertz CT molecular complexity index is 885. The molecule has 1 saturated carbocycles. The van der Waals surface area contributed by atoms with Crippen LogP contribution in [0.3, 0.4) is 0 Å². The third-order valence-electron chi connectivity index (χ3n) is 6.49. The Hall–Kier alpha value is -2.20. The summed E-state index contributed by atoms with van der Waals surface area (Å²) >= 11 is 0. The molecule has 1 heteroatoms. The largest absolute Gasteiger partial charge is 0.369 e. The maximum absolute atomic E-state index is 3.41. The zero-order valence-electron chi connectivity index (χ0n) is 16.5. The van der Waals surface area contributed by atoms with Crippen LogP contribution >= 0.6 is 0 Å². The molecule has 1 heterocycles. The Kier molecular flexibility index (Phi) is 4.11. The summed E-state index contributed by atoms with van der Waals surface area (Å²) in [5.74, 6) is 6.79. The Labute approximate surface area is 160 Å². The van der Waals surface area contributed by atoms with Gasteiger partial charge in [0.1, 0.15) is 0 Å². The van der Waals surface area contributed by atoms with Gasteiger partial charge in [-0.25, -0.2) is 0 Å². The number of benzene rings is 1. The van der Waals surface area contributed by atoms with Crippen molar-refractivity contribution in [3.05, 3.63) is 64.8 Å². The molecule has 0 aromatic heterocycles. The van der Waals surface area contributed by atoms with E-state index >= 15 is 0 Å². The Morgan fingerprint density at radius 2 is 1.92 bits per heavy atom. The van der Waals surface area contributed by atoms with Gasteiger partial charge in [0.15, 0.2) is 0 Å². The van der Waals surface area contributed by atoms with E-state index in [0.29, 0.717) is 5.54 Å². The number of hydrogen-bond acceptors (Lipinski definition) is 1. The molecule has 1 aliphatic heterocycles. The monoisotopic (exact) mass is 345 g/mol. The van der Waals surface area contributed by atoms with Gasteiger partial charge in [0.2, 0.25) is 0 Å². The number of nitrogens with zero attached hydrogens (tertiary/aromatic N) is 1. The minimum atomic E-state index is 0. The van der Waals surface area contributed by atoms with E-state index in [0.717, 1.165) is 12.0 Å². The predicted octanol–water partition coefficient (Wildman–Crippen LogP) is 6.16. The van der Waals surface area contributed by atoms with Crippen LogP contribution in [0.15, 0.2) is 53.6 Å². The van der Waals surface area contributed by atoms with Crippen LogP contribution in [0.4, 0.5) is 5.69 Å². The molecule has 2 aliphatic carbocycles. The van der Waals surface area contributed by atoms with Gasteiger partial charge >= 0.3 is 0 Å². The topological polar surface area (TPSA) is 3.24 Å². The molecule has 0 atom stereocenters. The van der Waals surface area contributed by atoms with E-state index in [1.807, 2.05) is 0 Å². The highest BCUT2D eigenvalue weighted by Gasteiger charge is 2.49. The molecule has 1 nitrogen and oxygen atoms in total. The Morgan fingerprint density at radius 1 is 1.12 bits per heavy atom. The van der Waals surface area contributed by atoms with Crippen molar-refractivity contribution in [2.24, 2.45) is 0 Å². The fourth-order valence-corrected chi connectivity index (χ4v) is 4.81.